The van der Waals surface area contributed by atoms with Gasteiger partial charge in [-0.25, -0.2) is 15.0 Å². The van der Waals surface area contributed by atoms with Crippen LogP contribution in [-0.4, -0.2) is 33.7 Å². The molecule has 0 fully saturated rings. The zero-order valence-corrected chi connectivity index (χ0v) is 13.5. The summed E-state index contributed by atoms with van der Waals surface area (Å²) in [5.41, 5.74) is 7.02. The molecule has 0 unspecified atom stereocenters. The van der Waals surface area contributed by atoms with Crippen LogP contribution in [-0.2, 0) is 0 Å². The highest BCUT2D eigenvalue weighted by molar-refractivity contribution is 7.99. The first-order chi connectivity index (χ1) is 11.2. The number of fused-ring (bicyclic) bond motifs is 1. The Morgan fingerprint density at radius 3 is 2.78 bits per heavy atom. The molecule has 3 aromatic rings. The van der Waals surface area contributed by atoms with Gasteiger partial charge in [-0.3, -0.25) is 4.57 Å². The van der Waals surface area contributed by atoms with Crippen molar-refractivity contribution in [3.8, 4) is 11.5 Å². The van der Waals surface area contributed by atoms with E-state index in [1.807, 2.05) is 18.2 Å². The van der Waals surface area contributed by atoms with E-state index in [1.165, 1.54) is 18.1 Å². The van der Waals surface area contributed by atoms with Crippen molar-refractivity contribution in [2.24, 2.45) is 0 Å². The maximum absolute atomic E-state index is 5.87. The summed E-state index contributed by atoms with van der Waals surface area (Å²) in [7, 11) is 3.23. The number of nitrogens with two attached hydrogens (primary N) is 1. The number of aromatic nitrogens is 4. The van der Waals surface area contributed by atoms with Crippen molar-refractivity contribution < 1.29 is 9.47 Å². The second-order valence-corrected chi connectivity index (χ2v) is 5.51. The van der Waals surface area contributed by atoms with Gasteiger partial charge in [0, 0.05) is 6.20 Å². The molecule has 0 spiro atoms. The van der Waals surface area contributed by atoms with Crippen LogP contribution in [0.25, 0.3) is 17.4 Å². The first kappa shape index (κ1) is 15.2. The van der Waals surface area contributed by atoms with Gasteiger partial charge in [-0.15, -0.1) is 0 Å². The predicted octanol–water partition coefficient (Wildman–Crippen LogP) is 2.68. The monoisotopic (exact) mass is 329 g/mol. The summed E-state index contributed by atoms with van der Waals surface area (Å²) in [5.74, 6) is 1.78. The van der Waals surface area contributed by atoms with E-state index in [0.29, 0.717) is 22.1 Å². The van der Waals surface area contributed by atoms with Crippen molar-refractivity contribution >= 4 is 34.9 Å². The topological polar surface area (TPSA) is 88.1 Å². The summed E-state index contributed by atoms with van der Waals surface area (Å²) in [6, 6.07) is 5.56. The lowest BCUT2D eigenvalue weighted by atomic mass is 10.3. The Bertz CT molecular complexity index is 878. The Morgan fingerprint density at radius 1 is 1.26 bits per heavy atom. The van der Waals surface area contributed by atoms with Crippen LogP contribution in [0.3, 0.4) is 0 Å². The van der Waals surface area contributed by atoms with E-state index in [0.717, 1.165) is 16.4 Å². The Morgan fingerprint density at radius 2 is 2.09 bits per heavy atom. The summed E-state index contributed by atoms with van der Waals surface area (Å²) in [6.07, 6.45) is 3.04. The first-order valence-electron chi connectivity index (χ1n) is 6.68. The minimum Gasteiger partial charge on any atom is -0.497 e. The van der Waals surface area contributed by atoms with Gasteiger partial charge in [-0.05, 0) is 30.0 Å². The Hall–Kier alpha value is -2.74. The molecule has 1 aromatic carbocycles. The Kier molecular flexibility index (Phi) is 4.07. The standard InChI is InChI=1S/C15H15N5O2S/c1-4-20-14-12(13(16)17-8-18-14)19-15(20)23-11-7-9(21-2)5-6-10(11)22-3/h4-8H,1H2,2-3H3,(H2,16,17,18). The number of nitrogens with zero attached hydrogens (tertiary/aromatic N) is 4. The number of hydrogen-bond donors (Lipinski definition) is 1. The third-order valence-electron chi connectivity index (χ3n) is 3.23. The van der Waals surface area contributed by atoms with Crippen molar-refractivity contribution in [1.82, 2.24) is 19.5 Å². The number of benzene rings is 1. The second-order valence-electron chi connectivity index (χ2n) is 4.50. The van der Waals surface area contributed by atoms with E-state index < -0.39 is 0 Å². The molecule has 0 bridgehead atoms. The third-order valence-corrected chi connectivity index (χ3v) is 4.24. The molecule has 2 aromatic heterocycles. The average molecular weight is 329 g/mol. The fraction of sp³-hybridized carbons (Fsp3) is 0.133. The largest absolute Gasteiger partial charge is 0.497 e. The smallest absolute Gasteiger partial charge is 0.179 e. The molecule has 8 heteroatoms. The molecule has 0 atom stereocenters. The van der Waals surface area contributed by atoms with E-state index in [2.05, 4.69) is 21.5 Å². The molecule has 0 aliphatic carbocycles. The number of imidazole rings is 1. The zero-order valence-electron chi connectivity index (χ0n) is 12.7. The normalized spacial score (nSPS) is 10.7. The zero-order chi connectivity index (χ0) is 16.4. The summed E-state index contributed by atoms with van der Waals surface area (Å²) in [5, 5.41) is 0.661. The summed E-state index contributed by atoms with van der Waals surface area (Å²) in [6.45, 7) is 3.81. The van der Waals surface area contributed by atoms with Crippen LogP contribution < -0.4 is 15.2 Å². The molecule has 2 N–H and O–H groups in total. The number of ether oxygens (including phenoxy) is 2. The van der Waals surface area contributed by atoms with E-state index in [4.69, 9.17) is 15.2 Å². The number of anilines is 1. The molecule has 0 saturated carbocycles. The highest BCUT2D eigenvalue weighted by atomic mass is 32.2. The first-order valence-corrected chi connectivity index (χ1v) is 7.50. The highest BCUT2D eigenvalue weighted by Gasteiger charge is 2.16. The molecule has 0 aliphatic rings. The van der Waals surface area contributed by atoms with Crippen LogP contribution in [0.1, 0.15) is 0 Å². The number of hydrogen-bond acceptors (Lipinski definition) is 7. The minimum atomic E-state index is 0.329. The van der Waals surface area contributed by atoms with Crippen LogP contribution in [0.2, 0.25) is 0 Å². The van der Waals surface area contributed by atoms with Gasteiger partial charge in [0.05, 0.1) is 19.1 Å². The van der Waals surface area contributed by atoms with Gasteiger partial charge in [0.25, 0.3) is 0 Å². The summed E-state index contributed by atoms with van der Waals surface area (Å²) >= 11 is 1.41. The van der Waals surface area contributed by atoms with Gasteiger partial charge in [-0.2, -0.15) is 0 Å². The van der Waals surface area contributed by atoms with Crippen LogP contribution in [0.4, 0.5) is 5.82 Å². The van der Waals surface area contributed by atoms with Crippen LogP contribution in [0, 0.1) is 0 Å². The second kappa shape index (κ2) is 6.17. The lowest BCUT2D eigenvalue weighted by molar-refractivity contribution is 0.394. The van der Waals surface area contributed by atoms with Gasteiger partial charge in [0.1, 0.15) is 17.8 Å². The van der Waals surface area contributed by atoms with Gasteiger partial charge in [-0.1, -0.05) is 6.58 Å². The van der Waals surface area contributed by atoms with Crippen LogP contribution in [0.5, 0.6) is 11.5 Å². The molecule has 118 valence electrons. The SMILES string of the molecule is C=Cn1c(Sc2cc(OC)ccc2OC)nc2c(N)ncnc21. The molecule has 0 saturated heterocycles. The van der Waals surface area contributed by atoms with E-state index in [1.54, 1.807) is 25.0 Å². The molecular formula is C15H15N5O2S. The van der Waals surface area contributed by atoms with Crippen molar-refractivity contribution in [1.29, 1.82) is 0 Å². The fourth-order valence-electron chi connectivity index (χ4n) is 2.10. The van der Waals surface area contributed by atoms with Crippen molar-refractivity contribution in [3.05, 3.63) is 31.1 Å². The lowest BCUT2D eigenvalue weighted by Gasteiger charge is -2.09. The van der Waals surface area contributed by atoms with E-state index in [9.17, 15) is 0 Å². The number of nitrogen functional groups attached to an aromatic ring is 1. The summed E-state index contributed by atoms with van der Waals surface area (Å²) < 4.78 is 12.4. The Balaban J connectivity index is 2.11. The van der Waals surface area contributed by atoms with Crippen LogP contribution in [0.15, 0.2) is 41.2 Å². The third kappa shape index (κ3) is 2.68. The lowest BCUT2D eigenvalue weighted by Crippen LogP contribution is -1.94. The quantitative estimate of drug-likeness (QED) is 0.770. The summed E-state index contributed by atoms with van der Waals surface area (Å²) in [4.78, 5) is 13.6. The Labute approximate surface area is 137 Å². The van der Waals surface area contributed by atoms with Gasteiger partial charge in [0.15, 0.2) is 22.1 Å². The molecule has 2 heterocycles. The molecule has 0 aliphatic heterocycles. The molecule has 0 amide bonds. The molecule has 7 nitrogen and oxygen atoms in total. The van der Waals surface area contributed by atoms with Gasteiger partial charge in [0.2, 0.25) is 0 Å². The van der Waals surface area contributed by atoms with E-state index in [-0.39, 0.29) is 0 Å². The maximum Gasteiger partial charge on any atom is 0.179 e. The van der Waals surface area contributed by atoms with Gasteiger partial charge >= 0.3 is 0 Å². The predicted molar refractivity (Wildman–Crippen MR) is 89.8 cm³/mol. The number of methoxy groups -OCH3 is 2. The molecule has 23 heavy (non-hydrogen) atoms. The molecule has 0 radical (unpaired) electrons. The van der Waals surface area contributed by atoms with Crippen molar-refractivity contribution in [2.75, 3.05) is 20.0 Å². The molecular weight excluding hydrogens is 314 g/mol. The van der Waals surface area contributed by atoms with Crippen molar-refractivity contribution in [3.63, 3.8) is 0 Å². The highest BCUT2D eigenvalue weighted by Crippen LogP contribution is 2.38. The molecule has 3 rings (SSSR count). The van der Waals surface area contributed by atoms with Crippen molar-refractivity contribution in [2.45, 2.75) is 10.1 Å². The van der Waals surface area contributed by atoms with E-state index >= 15 is 0 Å². The van der Waals surface area contributed by atoms with Gasteiger partial charge < -0.3 is 15.2 Å². The minimum absolute atomic E-state index is 0.329. The fourth-order valence-corrected chi connectivity index (χ4v) is 3.12. The van der Waals surface area contributed by atoms with Crippen LogP contribution >= 0.6 is 11.8 Å². The maximum atomic E-state index is 5.87. The average Bonchev–Trinajstić information content (AvgIpc) is 2.93. The number of rotatable bonds is 5.